The van der Waals surface area contributed by atoms with Gasteiger partial charge in [0.2, 0.25) is 0 Å². The molecule has 0 aliphatic carbocycles. The second-order valence-corrected chi connectivity index (χ2v) is 4.43. The third-order valence-electron chi connectivity index (χ3n) is 3.04. The molecule has 0 radical (unpaired) electrons. The maximum atomic E-state index is 3.20. The molecular formula is C13H31N3. The first kappa shape index (κ1) is 15.9. The van der Waals surface area contributed by atoms with Crippen LogP contribution in [0.25, 0.3) is 0 Å². The van der Waals surface area contributed by atoms with E-state index in [0.29, 0.717) is 0 Å². The van der Waals surface area contributed by atoms with Crippen molar-refractivity contribution in [2.24, 2.45) is 0 Å². The second kappa shape index (κ2) is 10.1. The number of rotatable bonds is 5. The van der Waals surface area contributed by atoms with Gasteiger partial charge in [0, 0.05) is 32.2 Å². The molecule has 0 amide bonds. The van der Waals surface area contributed by atoms with Gasteiger partial charge in [0.1, 0.15) is 0 Å². The number of nitrogens with zero attached hydrogens (tertiary/aromatic N) is 2. The zero-order valence-electron chi connectivity index (χ0n) is 11.9. The van der Waals surface area contributed by atoms with Gasteiger partial charge in [-0.3, -0.25) is 4.90 Å². The van der Waals surface area contributed by atoms with E-state index in [1.165, 1.54) is 39.1 Å². The van der Waals surface area contributed by atoms with E-state index >= 15 is 0 Å². The molecule has 1 rings (SSSR count). The SMILES string of the molecule is CC.CNCCCN1CCN(C(C)C)CC1. The highest BCUT2D eigenvalue weighted by atomic mass is 15.3. The van der Waals surface area contributed by atoms with Crippen molar-refractivity contribution in [2.75, 3.05) is 46.3 Å². The Balaban J connectivity index is 0.00000106. The van der Waals surface area contributed by atoms with Crippen LogP contribution >= 0.6 is 0 Å². The van der Waals surface area contributed by atoms with Gasteiger partial charge >= 0.3 is 0 Å². The van der Waals surface area contributed by atoms with Crippen molar-refractivity contribution in [3.05, 3.63) is 0 Å². The average Bonchev–Trinajstić information content (AvgIpc) is 2.33. The van der Waals surface area contributed by atoms with Crippen LogP contribution in [0.5, 0.6) is 0 Å². The quantitative estimate of drug-likeness (QED) is 0.723. The summed E-state index contributed by atoms with van der Waals surface area (Å²) in [6.07, 6.45) is 1.28. The van der Waals surface area contributed by atoms with E-state index in [0.717, 1.165) is 12.6 Å². The van der Waals surface area contributed by atoms with Crippen LogP contribution in [0.4, 0.5) is 0 Å². The first-order valence-electron chi connectivity index (χ1n) is 6.85. The van der Waals surface area contributed by atoms with Gasteiger partial charge in [-0.1, -0.05) is 13.8 Å². The topological polar surface area (TPSA) is 18.5 Å². The summed E-state index contributed by atoms with van der Waals surface area (Å²) in [5, 5.41) is 3.20. The van der Waals surface area contributed by atoms with Gasteiger partial charge in [-0.2, -0.15) is 0 Å². The molecule has 3 heteroatoms. The zero-order valence-corrected chi connectivity index (χ0v) is 11.9. The van der Waals surface area contributed by atoms with Crippen molar-refractivity contribution >= 4 is 0 Å². The summed E-state index contributed by atoms with van der Waals surface area (Å²) < 4.78 is 0. The zero-order chi connectivity index (χ0) is 12.4. The van der Waals surface area contributed by atoms with Crippen molar-refractivity contribution < 1.29 is 0 Å². The third kappa shape index (κ3) is 6.46. The Kier molecular flexibility index (Phi) is 9.99. The molecule has 1 N–H and O–H groups in total. The summed E-state index contributed by atoms with van der Waals surface area (Å²) in [5.41, 5.74) is 0. The second-order valence-electron chi connectivity index (χ2n) is 4.43. The highest BCUT2D eigenvalue weighted by Gasteiger charge is 2.17. The molecule has 1 saturated heterocycles. The van der Waals surface area contributed by atoms with Crippen LogP contribution in [0.1, 0.15) is 34.1 Å². The summed E-state index contributed by atoms with van der Waals surface area (Å²) in [6, 6.07) is 0.717. The number of hydrogen-bond acceptors (Lipinski definition) is 3. The first-order chi connectivity index (χ1) is 7.74. The summed E-state index contributed by atoms with van der Waals surface area (Å²) in [5.74, 6) is 0. The first-order valence-corrected chi connectivity index (χ1v) is 6.85. The van der Waals surface area contributed by atoms with E-state index in [9.17, 15) is 0 Å². The molecule has 0 saturated carbocycles. The molecule has 1 fully saturated rings. The van der Waals surface area contributed by atoms with Gasteiger partial charge in [-0.25, -0.2) is 0 Å². The lowest BCUT2D eigenvalue weighted by atomic mass is 10.2. The molecule has 1 aliphatic heterocycles. The third-order valence-corrected chi connectivity index (χ3v) is 3.04. The molecule has 0 spiro atoms. The fourth-order valence-corrected chi connectivity index (χ4v) is 1.98. The van der Waals surface area contributed by atoms with E-state index in [1.807, 2.05) is 20.9 Å². The summed E-state index contributed by atoms with van der Waals surface area (Å²) in [4.78, 5) is 5.14. The van der Waals surface area contributed by atoms with Gasteiger partial charge in [-0.05, 0) is 40.4 Å². The molecule has 1 aliphatic rings. The largest absolute Gasteiger partial charge is 0.320 e. The van der Waals surface area contributed by atoms with Crippen LogP contribution in [-0.2, 0) is 0 Å². The maximum absolute atomic E-state index is 3.20. The van der Waals surface area contributed by atoms with Gasteiger partial charge in [-0.15, -0.1) is 0 Å². The fourth-order valence-electron chi connectivity index (χ4n) is 1.98. The van der Waals surface area contributed by atoms with Crippen molar-refractivity contribution in [3.63, 3.8) is 0 Å². The van der Waals surface area contributed by atoms with Crippen LogP contribution in [0, 0.1) is 0 Å². The van der Waals surface area contributed by atoms with E-state index in [-0.39, 0.29) is 0 Å². The Morgan fingerprint density at radius 1 is 1.06 bits per heavy atom. The van der Waals surface area contributed by atoms with Crippen LogP contribution in [0.2, 0.25) is 0 Å². The van der Waals surface area contributed by atoms with Crippen molar-refractivity contribution in [2.45, 2.75) is 40.2 Å². The Labute approximate surface area is 102 Å². The van der Waals surface area contributed by atoms with E-state index in [4.69, 9.17) is 0 Å². The van der Waals surface area contributed by atoms with E-state index in [2.05, 4.69) is 29.0 Å². The van der Waals surface area contributed by atoms with E-state index < -0.39 is 0 Å². The average molecular weight is 229 g/mol. The molecule has 0 aromatic rings. The van der Waals surface area contributed by atoms with Gasteiger partial charge in [0.25, 0.3) is 0 Å². The minimum Gasteiger partial charge on any atom is -0.320 e. The lowest BCUT2D eigenvalue weighted by Crippen LogP contribution is -2.49. The van der Waals surface area contributed by atoms with Crippen LogP contribution in [0.15, 0.2) is 0 Å². The molecular weight excluding hydrogens is 198 g/mol. The van der Waals surface area contributed by atoms with Gasteiger partial charge in [0.05, 0.1) is 0 Å². The molecule has 98 valence electrons. The highest BCUT2D eigenvalue weighted by Crippen LogP contribution is 2.05. The van der Waals surface area contributed by atoms with Crippen molar-refractivity contribution in [1.82, 2.24) is 15.1 Å². The van der Waals surface area contributed by atoms with E-state index in [1.54, 1.807) is 0 Å². The molecule has 0 atom stereocenters. The Morgan fingerprint density at radius 2 is 1.62 bits per heavy atom. The predicted molar refractivity (Wildman–Crippen MR) is 73.0 cm³/mol. The number of piperazine rings is 1. The number of hydrogen-bond donors (Lipinski definition) is 1. The molecule has 0 aromatic carbocycles. The van der Waals surface area contributed by atoms with Crippen LogP contribution in [-0.4, -0.2) is 62.2 Å². The fraction of sp³-hybridized carbons (Fsp3) is 1.00. The predicted octanol–water partition coefficient (Wildman–Crippen LogP) is 1.65. The summed E-state index contributed by atoms with van der Waals surface area (Å²) >= 11 is 0. The minimum atomic E-state index is 0.717. The molecule has 0 aromatic heterocycles. The molecule has 0 unspecified atom stereocenters. The Hall–Kier alpha value is -0.120. The summed E-state index contributed by atoms with van der Waals surface area (Å²) in [6.45, 7) is 16.0. The molecule has 16 heavy (non-hydrogen) atoms. The molecule has 1 heterocycles. The highest BCUT2D eigenvalue weighted by molar-refractivity contribution is 4.74. The molecule has 0 bridgehead atoms. The number of nitrogens with one attached hydrogen (secondary N) is 1. The van der Waals surface area contributed by atoms with Crippen molar-refractivity contribution in [3.8, 4) is 0 Å². The van der Waals surface area contributed by atoms with Gasteiger partial charge in [0.15, 0.2) is 0 Å². The maximum Gasteiger partial charge on any atom is 0.0113 e. The monoisotopic (exact) mass is 229 g/mol. The summed E-state index contributed by atoms with van der Waals surface area (Å²) in [7, 11) is 2.02. The smallest absolute Gasteiger partial charge is 0.0113 e. The molecule has 3 nitrogen and oxygen atoms in total. The lowest BCUT2D eigenvalue weighted by molar-refractivity contribution is 0.108. The van der Waals surface area contributed by atoms with Crippen LogP contribution < -0.4 is 5.32 Å². The van der Waals surface area contributed by atoms with Crippen molar-refractivity contribution in [1.29, 1.82) is 0 Å². The minimum absolute atomic E-state index is 0.717. The standard InChI is InChI=1S/C11H25N3.C2H6/c1-11(2)14-9-7-13(8-10-14)6-4-5-12-3;1-2/h11-12H,4-10H2,1-3H3;1-2H3. The normalized spacial score (nSPS) is 18.4. The van der Waals surface area contributed by atoms with Gasteiger partial charge < -0.3 is 10.2 Å². The Bertz CT molecular complexity index is 140. The Morgan fingerprint density at radius 3 is 2.06 bits per heavy atom. The lowest BCUT2D eigenvalue weighted by Gasteiger charge is -2.36. The van der Waals surface area contributed by atoms with Crippen LogP contribution in [0.3, 0.4) is 0 Å².